The number of aliphatic hydroxyl groups is 1. The molecule has 0 aliphatic heterocycles. The lowest BCUT2D eigenvalue weighted by Crippen LogP contribution is -2.12. The van der Waals surface area contributed by atoms with Gasteiger partial charge >= 0.3 is 0 Å². The number of halogens is 1. The Morgan fingerprint density at radius 3 is 2.75 bits per heavy atom. The molecule has 0 aliphatic carbocycles. The molecule has 64 valence electrons. The van der Waals surface area contributed by atoms with Crippen molar-refractivity contribution in [1.29, 1.82) is 0 Å². The Kier molecular flexibility index (Phi) is 2.94. The van der Waals surface area contributed by atoms with Gasteiger partial charge in [0.2, 0.25) is 0 Å². The first kappa shape index (κ1) is 8.87. The fraction of sp³-hybridized carbons (Fsp3) is 0.222. The lowest BCUT2D eigenvalue weighted by Gasteiger charge is -2.03. The lowest BCUT2D eigenvalue weighted by molar-refractivity contribution is -0.114. The molecule has 1 atom stereocenters. The molecule has 12 heavy (non-hydrogen) atoms. The SMILES string of the molecule is O=CC(O)Cc1ccccc1F. The van der Waals surface area contributed by atoms with Gasteiger partial charge in [0.25, 0.3) is 0 Å². The summed E-state index contributed by atoms with van der Waals surface area (Å²) in [5, 5.41) is 8.90. The summed E-state index contributed by atoms with van der Waals surface area (Å²) in [6.07, 6.45) is -0.676. The van der Waals surface area contributed by atoms with Gasteiger partial charge in [0.15, 0.2) is 0 Å². The average molecular weight is 168 g/mol. The normalized spacial score (nSPS) is 12.5. The highest BCUT2D eigenvalue weighted by atomic mass is 19.1. The molecule has 3 heteroatoms. The Balaban J connectivity index is 2.75. The third-order valence-corrected chi connectivity index (χ3v) is 1.54. The van der Waals surface area contributed by atoms with Gasteiger partial charge in [-0.2, -0.15) is 0 Å². The monoisotopic (exact) mass is 168 g/mol. The highest BCUT2D eigenvalue weighted by Gasteiger charge is 2.06. The third kappa shape index (κ3) is 2.13. The van der Waals surface area contributed by atoms with Crippen LogP contribution in [0.25, 0.3) is 0 Å². The first-order chi connectivity index (χ1) is 5.74. The summed E-state index contributed by atoms with van der Waals surface area (Å²) >= 11 is 0. The van der Waals surface area contributed by atoms with E-state index in [1.165, 1.54) is 6.07 Å². The van der Waals surface area contributed by atoms with Crippen LogP contribution in [0.15, 0.2) is 24.3 Å². The summed E-state index contributed by atoms with van der Waals surface area (Å²) in [6.45, 7) is 0. The average Bonchev–Trinajstić information content (AvgIpc) is 2.09. The lowest BCUT2D eigenvalue weighted by atomic mass is 10.1. The van der Waals surface area contributed by atoms with E-state index >= 15 is 0 Å². The van der Waals surface area contributed by atoms with Crippen molar-refractivity contribution in [3.05, 3.63) is 35.6 Å². The molecule has 1 unspecified atom stereocenters. The van der Waals surface area contributed by atoms with Gasteiger partial charge < -0.3 is 9.90 Å². The summed E-state index contributed by atoms with van der Waals surface area (Å²) in [4.78, 5) is 10.0. The van der Waals surface area contributed by atoms with Crippen LogP contribution in [0.1, 0.15) is 5.56 Å². The van der Waals surface area contributed by atoms with Gasteiger partial charge in [-0.05, 0) is 11.6 Å². The zero-order valence-corrected chi connectivity index (χ0v) is 6.40. The minimum Gasteiger partial charge on any atom is -0.385 e. The molecule has 1 aromatic rings. The van der Waals surface area contributed by atoms with Gasteiger partial charge in [0.05, 0.1) is 0 Å². The van der Waals surface area contributed by atoms with Crippen LogP contribution >= 0.6 is 0 Å². The molecule has 0 bridgehead atoms. The Morgan fingerprint density at radius 2 is 2.17 bits per heavy atom. The minimum atomic E-state index is -1.11. The second-order valence-electron chi connectivity index (χ2n) is 2.50. The van der Waals surface area contributed by atoms with Crippen LogP contribution in [-0.2, 0) is 11.2 Å². The molecule has 0 aromatic heterocycles. The number of benzene rings is 1. The van der Waals surface area contributed by atoms with Crippen LogP contribution in [0.3, 0.4) is 0 Å². The van der Waals surface area contributed by atoms with Crippen molar-refractivity contribution in [2.75, 3.05) is 0 Å². The van der Waals surface area contributed by atoms with Crippen LogP contribution in [0, 0.1) is 5.82 Å². The number of aliphatic hydroxyl groups excluding tert-OH is 1. The van der Waals surface area contributed by atoms with E-state index in [1.54, 1.807) is 18.2 Å². The number of carbonyl (C=O) groups excluding carboxylic acids is 1. The van der Waals surface area contributed by atoms with Gasteiger partial charge in [-0.3, -0.25) is 0 Å². The van der Waals surface area contributed by atoms with Crippen LogP contribution in [0.5, 0.6) is 0 Å². The molecule has 0 amide bonds. The number of hydrogen-bond acceptors (Lipinski definition) is 2. The summed E-state index contributed by atoms with van der Waals surface area (Å²) < 4.78 is 12.9. The maximum atomic E-state index is 12.9. The summed E-state index contributed by atoms with van der Waals surface area (Å²) in [5.41, 5.74) is 0.358. The van der Waals surface area contributed by atoms with E-state index in [0.717, 1.165) is 0 Å². The Bertz CT molecular complexity index is 273. The topological polar surface area (TPSA) is 37.3 Å². The van der Waals surface area contributed by atoms with E-state index in [4.69, 9.17) is 5.11 Å². The molecule has 0 heterocycles. The van der Waals surface area contributed by atoms with E-state index < -0.39 is 11.9 Å². The second kappa shape index (κ2) is 3.97. The fourth-order valence-corrected chi connectivity index (χ4v) is 0.937. The molecule has 1 rings (SSSR count). The van der Waals surface area contributed by atoms with Gasteiger partial charge in [-0.25, -0.2) is 4.39 Å². The molecule has 0 saturated carbocycles. The van der Waals surface area contributed by atoms with Crippen LogP contribution in [0.2, 0.25) is 0 Å². The summed E-state index contributed by atoms with van der Waals surface area (Å²) in [5.74, 6) is -0.390. The summed E-state index contributed by atoms with van der Waals surface area (Å²) in [6, 6.07) is 6.07. The molecule has 0 aliphatic rings. The van der Waals surface area contributed by atoms with Crippen molar-refractivity contribution in [3.63, 3.8) is 0 Å². The maximum absolute atomic E-state index is 12.9. The Labute approximate surface area is 69.6 Å². The fourth-order valence-electron chi connectivity index (χ4n) is 0.937. The molecule has 0 spiro atoms. The number of carbonyl (C=O) groups is 1. The molecule has 0 radical (unpaired) electrons. The smallest absolute Gasteiger partial charge is 0.148 e. The highest BCUT2D eigenvalue weighted by Crippen LogP contribution is 2.07. The van der Waals surface area contributed by atoms with Gasteiger partial charge in [0, 0.05) is 6.42 Å². The minimum absolute atomic E-state index is 0.0379. The van der Waals surface area contributed by atoms with Crippen molar-refractivity contribution in [2.24, 2.45) is 0 Å². The van der Waals surface area contributed by atoms with Crippen molar-refractivity contribution >= 4 is 6.29 Å². The van der Waals surface area contributed by atoms with Gasteiger partial charge in [0.1, 0.15) is 18.2 Å². The maximum Gasteiger partial charge on any atom is 0.148 e. The van der Waals surface area contributed by atoms with E-state index in [-0.39, 0.29) is 6.42 Å². The first-order valence-electron chi connectivity index (χ1n) is 3.61. The highest BCUT2D eigenvalue weighted by molar-refractivity contribution is 5.56. The third-order valence-electron chi connectivity index (χ3n) is 1.54. The van der Waals surface area contributed by atoms with E-state index in [9.17, 15) is 9.18 Å². The number of aldehydes is 1. The molecule has 0 fully saturated rings. The standard InChI is InChI=1S/C9H9FO2/c10-9-4-2-1-3-7(9)5-8(12)6-11/h1-4,6,8,12H,5H2. The zero-order chi connectivity index (χ0) is 8.97. The first-order valence-corrected chi connectivity index (χ1v) is 3.61. The van der Waals surface area contributed by atoms with Gasteiger partial charge in [-0.15, -0.1) is 0 Å². The predicted molar refractivity (Wildman–Crippen MR) is 42.2 cm³/mol. The number of hydrogen-bond donors (Lipinski definition) is 1. The number of rotatable bonds is 3. The van der Waals surface area contributed by atoms with Crippen LogP contribution in [-0.4, -0.2) is 17.5 Å². The van der Waals surface area contributed by atoms with E-state index in [2.05, 4.69) is 0 Å². The van der Waals surface area contributed by atoms with Crippen molar-refractivity contribution < 1.29 is 14.3 Å². The molecular weight excluding hydrogens is 159 g/mol. The van der Waals surface area contributed by atoms with E-state index in [1.807, 2.05) is 0 Å². The molecule has 1 N–H and O–H groups in total. The van der Waals surface area contributed by atoms with Gasteiger partial charge in [-0.1, -0.05) is 18.2 Å². The predicted octanol–water partition coefficient (Wildman–Crippen LogP) is 0.928. The quantitative estimate of drug-likeness (QED) is 0.681. The molecular formula is C9H9FO2. The van der Waals surface area contributed by atoms with Crippen LogP contribution < -0.4 is 0 Å². The van der Waals surface area contributed by atoms with Crippen molar-refractivity contribution in [1.82, 2.24) is 0 Å². The summed E-state index contributed by atoms with van der Waals surface area (Å²) in [7, 11) is 0. The molecule has 1 aromatic carbocycles. The zero-order valence-electron chi connectivity index (χ0n) is 6.40. The van der Waals surface area contributed by atoms with Crippen LogP contribution in [0.4, 0.5) is 4.39 Å². The Morgan fingerprint density at radius 1 is 1.50 bits per heavy atom. The van der Waals surface area contributed by atoms with E-state index in [0.29, 0.717) is 11.8 Å². The largest absolute Gasteiger partial charge is 0.385 e. The van der Waals surface area contributed by atoms with Crippen molar-refractivity contribution in [2.45, 2.75) is 12.5 Å². The second-order valence-corrected chi connectivity index (χ2v) is 2.50. The molecule has 0 saturated heterocycles. The Hall–Kier alpha value is -1.22. The molecule has 2 nitrogen and oxygen atoms in total. The van der Waals surface area contributed by atoms with Crippen molar-refractivity contribution in [3.8, 4) is 0 Å².